The van der Waals surface area contributed by atoms with Crippen LogP contribution in [0.25, 0.3) is 0 Å². The summed E-state index contributed by atoms with van der Waals surface area (Å²) in [7, 11) is 0. The number of nitrogens with two attached hydrogens (primary N) is 1. The van der Waals surface area contributed by atoms with Gasteiger partial charge in [0.1, 0.15) is 0 Å². The lowest BCUT2D eigenvalue weighted by Crippen LogP contribution is -2.40. The zero-order valence-corrected chi connectivity index (χ0v) is 12.5. The molecule has 0 saturated heterocycles. The van der Waals surface area contributed by atoms with E-state index in [-0.39, 0.29) is 5.41 Å². The molecule has 0 aliphatic heterocycles. The number of hydrogen-bond acceptors (Lipinski definition) is 2. The fourth-order valence-electron chi connectivity index (χ4n) is 2.39. The fraction of sp³-hybridized carbons (Fsp3) is 0.625. The van der Waals surface area contributed by atoms with Gasteiger partial charge in [0.15, 0.2) is 0 Å². The van der Waals surface area contributed by atoms with Crippen molar-refractivity contribution >= 4 is 0 Å². The quantitative estimate of drug-likeness (QED) is 0.836. The van der Waals surface area contributed by atoms with Gasteiger partial charge in [-0.25, -0.2) is 0 Å². The predicted molar refractivity (Wildman–Crippen MR) is 79.7 cm³/mol. The maximum absolute atomic E-state index is 5.85. The third-order valence-corrected chi connectivity index (χ3v) is 3.78. The molecular formula is C16H28N2. The van der Waals surface area contributed by atoms with Crippen molar-refractivity contribution in [1.29, 1.82) is 0 Å². The minimum absolute atomic E-state index is 0.174. The normalized spacial score (nSPS) is 13.9. The molecule has 2 N–H and O–H groups in total. The molecule has 0 aliphatic rings. The molecule has 18 heavy (non-hydrogen) atoms. The van der Waals surface area contributed by atoms with Gasteiger partial charge in [0.2, 0.25) is 0 Å². The van der Waals surface area contributed by atoms with E-state index in [0.717, 1.165) is 19.6 Å². The van der Waals surface area contributed by atoms with E-state index in [1.54, 1.807) is 0 Å². The highest BCUT2D eigenvalue weighted by molar-refractivity contribution is 5.28. The van der Waals surface area contributed by atoms with Gasteiger partial charge in [-0.3, -0.25) is 4.90 Å². The van der Waals surface area contributed by atoms with Crippen molar-refractivity contribution in [2.45, 2.75) is 40.7 Å². The number of hydrogen-bond donors (Lipinski definition) is 1. The molecule has 0 aliphatic carbocycles. The number of nitrogens with zero attached hydrogens (tertiary/aromatic N) is 1. The molecule has 0 bridgehead atoms. The molecule has 1 unspecified atom stereocenters. The van der Waals surface area contributed by atoms with Gasteiger partial charge in [0.05, 0.1) is 0 Å². The molecule has 1 rings (SSSR count). The summed E-state index contributed by atoms with van der Waals surface area (Å²) in [6, 6.07) is 9.10. The van der Waals surface area contributed by atoms with Crippen molar-refractivity contribution in [3.63, 3.8) is 0 Å². The third kappa shape index (κ3) is 3.82. The minimum atomic E-state index is 0.174. The number of rotatable bonds is 6. The summed E-state index contributed by atoms with van der Waals surface area (Å²) in [4.78, 5) is 2.51. The van der Waals surface area contributed by atoms with Crippen LogP contribution in [0.4, 0.5) is 0 Å². The van der Waals surface area contributed by atoms with E-state index in [0.29, 0.717) is 6.04 Å². The van der Waals surface area contributed by atoms with E-state index >= 15 is 0 Å². The SMILES string of the molecule is CCN(CC(C)(C)CN)C(C)c1ccccc1C. The number of benzene rings is 1. The van der Waals surface area contributed by atoms with Gasteiger partial charge in [-0.15, -0.1) is 0 Å². The van der Waals surface area contributed by atoms with Crippen LogP contribution >= 0.6 is 0 Å². The summed E-state index contributed by atoms with van der Waals surface area (Å²) >= 11 is 0. The van der Waals surface area contributed by atoms with Crippen LogP contribution in [0.3, 0.4) is 0 Å². The van der Waals surface area contributed by atoms with Crippen LogP contribution in [-0.4, -0.2) is 24.5 Å². The molecule has 0 spiro atoms. The fourth-order valence-corrected chi connectivity index (χ4v) is 2.39. The van der Waals surface area contributed by atoms with E-state index < -0.39 is 0 Å². The van der Waals surface area contributed by atoms with E-state index in [4.69, 9.17) is 5.73 Å². The zero-order valence-electron chi connectivity index (χ0n) is 12.5. The van der Waals surface area contributed by atoms with Gasteiger partial charge < -0.3 is 5.73 Å². The Morgan fingerprint density at radius 3 is 2.39 bits per heavy atom. The van der Waals surface area contributed by atoms with Crippen LogP contribution in [0.2, 0.25) is 0 Å². The van der Waals surface area contributed by atoms with Crippen LogP contribution in [0.15, 0.2) is 24.3 Å². The molecule has 0 radical (unpaired) electrons. The Labute approximate surface area is 112 Å². The van der Waals surface area contributed by atoms with Crippen LogP contribution in [-0.2, 0) is 0 Å². The zero-order chi connectivity index (χ0) is 13.8. The van der Waals surface area contributed by atoms with E-state index in [9.17, 15) is 0 Å². The lowest BCUT2D eigenvalue weighted by molar-refractivity contribution is 0.147. The summed E-state index contributed by atoms with van der Waals surface area (Å²) in [6.45, 7) is 14.0. The smallest absolute Gasteiger partial charge is 0.0322 e. The summed E-state index contributed by atoms with van der Waals surface area (Å²) in [5, 5.41) is 0. The molecule has 1 atom stereocenters. The van der Waals surface area contributed by atoms with E-state index in [2.05, 4.69) is 63.8 Å². The lowest BCUT2D eigenvalue weighted by atomic mass is 9.91. The third-order valence-electron chi connectivity index (χ3n) is 3.78. The first kappa shape index (κ1) is 15.2. The van der Waals surface area contributed by atoms with E-state index in [1.165, 1.54) is 11.1 Å². The van der Waals surface area contributed by atoms with Gasteiger partial charge in [0.25, 0.3) is 0 Å². The Balaban J connectivity index is 2.86. The lowest BCUT2D eigenvalue weighted by Gasteiger charge is -2.36. The molecule has 2 heteroatoms. The second-order valence-corrected chi connectivity index (χ2v) is 5.96. The number of aryl methyl sites for hydroxylation is 1. The Morgan fingerprint density at radius 2 is 1.89 bits per heavy atom. The largest absolute Gasteiger partial charge is 0.330 e. The van der Waals surface area contributed by atoms with Crippen molar-refractivity contribution in [3.8, 4) is 0 Å². The first-order valence-corrected chi connectivity index (χ1v) is 6.91. The standard InChI is InChI=1S/C16H28N2/c1-6-18(12-16(4,5)11-17)14(3)15-10-8-7-9-13(15)2/h7-10,14H,6,11-12,17H2,1-5H3. The Bertz CT molecular complexity index is 371. The predicted octanol–water partition coefficient (Wildman–Crippen LogP) is 3.36. The highest BCUT2D eigenvalue weighted by atomic mass is 15.2. The second kappa shape index (κ2) is 6.35. The van der Waals surface area contributed by atoms with Crippen LogP contribution in [0.5, 0.6) is 0 Å². The van der Waals surface area contributed by atoms with Crippen LogP contribution < -0.4 is 5.73 Å². The Morgan fingerprint density at radius 1 is 1.28 bits per heavy atom. The summed E-state index contributed by atoms with van der Waals surface area (Å²) < 4.78 is 0. The van der Waals surface area contributed by atoms with E-state index in [1.807, 2.05) is 0 Å². The van der Waals surface area contributed by atoms with Gasteiger partial charge in [-0.2, -0.15) is 0 Å². The van der Waals surface area contributed by atoms with Crippen molar-refractivity contribution in [2.75, 3.05) is 19.6 Å². The van der Waals surface area contributed by atoms with Gasteiger partial charge in [-0.05, 0) is 43.5 Å². The van der Waals surface area contributed by atoms with Gasteiger partial charge in [0, 0.05) is 12.6 Å². The second-order valence-electron chi connectivity index (χ2n) is 5.96. The highest BCUT2D eigenvalue weighted by Crippen LogP contribution is 2.26. The Hall–Kier alpha value is -0.860. The average Bonchev–Trinajstić information content (AvgIpc) is 2.36. The molecular weight excluding hydrogens is 220 g/mol. The topological polar surface area (TPSA) is 29.3 Å². The summed E-state index contributed by atoms with van der Waals surface area (Å²) in [6.07, 6.45) is 0. The van der Waals surface area contributed by atoms with Crippen molar-refractivity contribution in [3.05, 3.63) is 35.4 Å². The monoisotopic (exact) mass is 248 g/mol. The average molecular weight is 248 g/mol. The molecule has 1 aromatic carbocycles. The van der Waals surface area contributed by atoms with Crippen molar-refractivity contribution in [1.82, 2.24) is 4.90 Å². The molecule has 0 fully saturated rings. The molecule has 2 nitrogen and oxygen atoms in total. The van der Waals surface area contributed by atoms with Crippen molar-refractivity contribution < 1.29 is 0 Å². The highest BCUT2D eigenvalue weighted by Gasteiger charge is 2.23. The van der Waals surface area contributed by atoms with Crippen LogP contribution in [0.1, 0.15) is 44.9 Å². The maximum atomic E-state index is 5.85. The minimum Gasteiger partial charge on any atom is -0.330 e. The molecule has 102 valence electrons. The Kier molecular flexibility index (Phi) is 5.36. The molecule has 0 aromatic heterocycles. The first-order valence-electron chi connectivity index (χ1n) is 6.91. The van der Waals surface area contributed by atoms with Gasteiger partial charge >= 0.3 is 0 Å². The van der Waals surface area contributed by atoms with Crippen molar-refractivity contribution in [2.24, 2.45) is 11.1 Å². The maximum Gasteiger partial charge on any atom is 0.0322 e. The molecule has 0 amide bonds. The summed E-state index contributed by atoms with van der Waals surface area (Å²) in [5.41, 5.74) is 8.82. The first-order chi connectivity index (χ1) is 8.41. The van der Waals surface area contributed by atoms with Gasteiger partial charge in [-0.1, -0.05) is 45.0 Å². The molecule has 0 heterocycles. The summed E-state index contributed by atoms with van der Waals surface area (Å²) in [5.74, 6) is 0. The van der Waals surface area contributed by atoms with Crippen LogP contribution in [0, 0.1) is 12.3 Å². The molecule has 0 saturated carbocycles. The molecule has 1 aromatic rings.